The number of anilines is 1. The second-order valence-corrected chi connectivity index (χ2v) is 4.94. The largest absolute Gasteiger partial charge is 0.384 e. The van der Waals surface area contributed by atoms with E-state index in [4.69, 9.17) is 10.5 Å². The van der Waals surface area contributed by atoms with Gasteiger partial charge >= 0.3 is 0 Å². The Balaban J connectivity index is 1.99. The van der Waals surface area contributed by atoms with Crippen LogP contribution in [-0.2, 0) is 4.74 Å². The van der Waals surface area contributed by atoms with E-state index in [1.807, 2.05) is 6.92 Å². The fourth-order valence-electron chi connectivity index (χ4n) is 2.43. The Hall–Kier alpha value is -1.06. The molecule has 2 atom stereocenters. The number of hydrogen-bond acceptors (Lipinski definition) is 3. The molecule has 1 aliphatic heterocycles. The Morgan fingerprint density at radius 3 is 2.71 bits per heavy atom. The van der Waals surface area contributed by atoms with Gasteiger partial charge in [-0.15, -0.1) is 0 Å². The van der Waals surface area contributed by atoms with Gasteiger partial charge < -0.3 is 15.4 Å². The normalized spacial score (nSPS) is 21.8. The number of rotatable bonds is 4. The van der Waals surface area contributed by atoms with Gasteiger partial charge in [0.1, 0.15) is 0 Å². The van der Waals surface area contributed by atoms with Crippen molar-refractivity contribution < 1.29 is 4.74 Å². The molecule has 1 saturated heterocycles. The maximum Gasteiger partial charge on any atom is 0.0508 e. The van der Waals surface area contributed by atoms with Gasteiger partial charge in [-0.3, -0.25) is 0 Å². The summed E-state index contributed by atoms with van der Waals surface area (Å²) in [4.78, 5) is 2.43. The molecule has 1 fully saturated rings. The lowest BCUT2D eigenvalue weighted by molar-refractivity contribution is 0.161. The molecule has 1 unspecified atom stereocenters. The fraction of sp³-hybridized carbons (Fsp3) is 0.571. The number of methoxy groups -OCH3 is 1. The zero-order valence-electron chi connectivity index (χ0n) is 10.7. The van der Waals surface area contributed by atoms with Gasteiger partial charge in [0, 0.05) is 37.8 Å². The number of benzene rings is 1. The molecule has 0 radical (unpaired) electrons. The molecule has 94 valence electrons. The van der Waals surface area contributed by atoms with Crippen molar-refractivity contribution in [1.29, 1.82) is 0 Å². The van der Waals surface area contributed by atoms with E-state index in [2.05, 4.69) is 29.2 Å². The number of nitrogens with zero attached hydrogens (tertiary/aromatic N) is 1. The molecule has 0 aromatic heterocycles. The Bertz CT molecular complexity index is 348. The number of ether oxygens (including phenoxy) is 1. The molecule has 3 nitrogen and oxygen atoms in total. The van der Waals surface area contributed by atoms with Crippen LogP contribution in [-0.4, -0.2) is 26.8 Å². The smallest absolute Gasteiger partial charge is 0.0508 e. The highest BCUT2D eigenvalue weighted by Crippen LogP contribution is 2.25. The molecule has 1 heterocycles. The molecule has 17 heavy (non-hydrogen) atoms. The van der Waals surface area contributed by atoms with Crippen LogP contribution in [0.1, 0.15) is 24.9 Å². The van der Waals surface area contributed by atoms with Crippen LogP contribution in [0.2, 0.25) is 0 Å². The summed E-state index contributed by atoms with van der Waals surface area (Å²) in [6, 6.07) is 8.72. The lowest BCUT2D eigenvalue weighted by Gasteiger charge is -2.19. The van der Waals surface area contributed by atoms with Crippen molar-refractivity contribution in [3.8, 4) is 0 Å². The lowest BCUT2D eigenvalue weighted by Crippen LogP contribution is -2.21. The molecule has 2 N–H and O–H groups in total. The van der Waals surface area contributed by atoms with E-state index < -0.39 is 0 Å². The topological polar surface area (TPSA) is 38.5 Å². The summed E-state index contributed by atoms with van der Waals surface area (Å²) in [5.74, 6) is 0.674. The molecule has 3 heteroatoms. The first kappa shape index (κ1) is 12.4. The van der Waals surface area contributed by atoms with E-state index in [-0.39, 0.29) is 6.04 Å². The minimum Gasteiger partial charge on any atom is -0.384 e. The molecular formula is C14H22N2O. The van der Waals surface area contributed by atoms with Crippen molar-refractivity contribution in [2.24, 2.45) is 11.7 Å². The quantitative estimate of drug-likeness (QED) is 0.868. The van der Waals surface area contributed by atoms with E-state index >= 15 is 0 Å². The molecular weight excluding hydrogens is 212 g/mol. The van der Waals surface area contributed by atoms with Gasteiger partial charge in [-0.2, -0.15) is 0 Å². The monoisotopic (exact) mass is 234 g/mol. The minimum absolute atomic E-state index is 0.115. The second kappa shape index (κ2) is 5.52. The van der Waals surface area contributed by atoms with Gasteiger partial charge in [-0.1, -0.05) is 12.1 Å². The number of nitrogens with two attached hydrogens (primary N) is 1. The Morgan fingerprint density at radius 2 is 2.12 bits per heavy atom. The van der Waals surface area contributed by atoms with E-state index in [1.54, 1.807) is 7.11 Å². The average molecular weight is 234 g/mol. The highest BCUT2D eigenvalue weighted by Gasteiger charge is 2.22. The maximum absolute atomic E-state index is 5.85. The van der Waals surface area contributed by atoms with E-state index in [9.17, 15) is 0 Å². The third-order valence-corrected chi connectivity index (χ3v) is 3.47. The third kappa shape index (κ3) is 2.99. The molecule has 1 aromatic carbocycles. The van der Waals surface area contributed by atoms with Crippen molar-refractivity contribution in [2.75, 3.05) is 31.7 Å². The molecule has 0 bridgehead atoms. The van der Waals surface area contributed by atoms with Crippen molar-refractivity contribution in [1.82, 2.24) is 0 Å². The van der Waals surface area contributed by atoms with Crippen LogP contribution in [0.25, 0.3) is 0 Å². The predicted octanol–water partition coefficient (Wildman–Crippen LogP) is 2.18. The lowest BCUT2D eigenvalue weighted by atomic mass is 10.1. The van der Waals surface area contributed by atoms with Gasteiger partial charge in [-0.25, -0.2) is 0 Å². The van der Waals surface area contributed by atoms with Gasteiger partial charge in [0.15, 0.2) is 0 Å². The molecule has 0 amide bonds. The van der Waals surface area contributed by atoms with Crippen LogP contribution < -0.4 is 10.6 Å². The van der Waals surface area contributed by atoms with Crippen LogP contribution in [0.5, 0.6) is 0 Å². The first-order valence-corrected chi connectivity index (χ1v) is 6.30. The van der Waals surface area contributed by atoms with Crippen LogP contribution in [0.15, 0.2) is 24.3 Å². The standard InChI is InChI=1S/C14H22N2O/c1-11(15)13-3-5-14(6-4-13)16-8-7-12(9-16)10-17-2/h3-6,11-12H,7-10,15H2,1-2H3/t11-,12?/m0/s1. The Kier molecular flexibility index (Phi) is 4.02. The van der Waals surface area contributed by atoms with E-state index in [0.29, 0.717) is 5.92 Å². The molecule has 0 spiro atoms. The van der Waals surface area contributed by atoms with E-state index in [1.165, 1.54) is 17.7 Å². The molecule has 0 saturated carbocycles. The van der Waals surface area contributed by atoms with Crippen LogP contribution in [0, 0.1) is 5.92 Å². The summed E-state index contributed by atoms with van der Waals surface area (Å²) < 4.78 is 5.22. The first-order valence-electron chi connectivity index (χ1n) is 6.30. The Morgan fingerprint density at radius 1 is 1.41 bits per heavy atom. The van der Waals surface area contributed by atoms with Gasteiger partial charge in [0.25, 0.3) is 0 Å². The fourth-order valence-corrected chi connectivity index (χ4v) is 2.43. The summed E-state index contributed by atoms with van der Waals surface area (Å²) >= 11 is 0. The molecule has 1 aliphatic rings. The zero-order valence-corrected chi connectivity index (χ0v) is 10.7. The van der Waals surface area contributed by atoms with Gasteiger partial charge in [0.2, 0.25) is 0 Å². The highest BCUT2D eigenvalue weighted by atomic mass is 16.5. The Labute approximate surface area is 104 Å². The van der Waals surface area contributed by atoms with Crippen LogP contribution >= 0.6 is 0 Å². The summed E-state index contributed by atoms with van der Waals surface area (Å²) in [5.41, 5.74) is 8.34. The zero-order chi connectivity index (χ0) is 12.3. The summed E-state index contributed by atoms with van der Waals surface area (Å²) in [5, 5.41) is 0. The SMILES string of the molecule is COCC1CCN(c2ccc([C@H](C)N)cc2)C1. The van der Waals surface area contributed by atoms with Gasteiger partial charge in [0.05, 0.1) is 6.61 Å². The predicted molar refractivity (Wildman–Crippen MR) is 71.2 cm³/mol. The first-order chi connectivity index (χ1) is 8.20. The van der Waals surface area contributed by atoms with Crippen molar-refractivity contribution in [2.45, 2.75) is 19.4 Å². The summed E-state index contributed by atoms with van der Waals surface area (Å²) in [6.07, 6.45) is 1.23. The molecule has 1 aromatic rings. The maximum atomic E-state index is 5.85. The minimum atomic E-state index is 0.115. The van der Waals surface area contributed by atoms with Crippen LogP contribution in [0.3, 0.4) is 0 Å². The van der Waals surface area contributed by atoms with Crippen LogP contribution in [0.4, 0.5) is 5.69 Å². The number of hydrogen-bond donors (Lipinski definition) is 1. The highest BCUT2D eigenvalue weighted by molar-refractivity contribution is 5.48. The average Bonchev–Trinajstić information content (AvgIpc) is 2.78. The van der Waals surface area contributed by atoms with Gasteiger partial charge in [-0.05, 0) is 31.0 Å². The van der Waals surface area contributed by atoms with E-state index in [0.717, 1.165) is 19.7 Å². The molecule has 0 aliphatic carbocycles. The summed E-state index contributed by atoms with van der Waals surface area (Å²) in [7, 11) is 1.78. The van der Waals surface area contributed by atoms with Crippen molar-refractivity contribution in [3.63, 3.8) is 0 Å². The summed E-state index contributed by atoms with van der Waals surface area (Å²) in [6.45, 7) is 5.12. The van der Waals surface area contributed by atoms with Crippen molar-refractivity contribution in [3.05, 3.63) is 29.8 Å². The van der Waals surface area contributed by atoms with Crippen molar-refractivity contribution >= 4 is 5.69 Å². The second-order valence-electron chi connectivity index (χ2n) is 4.94. The third-order valence-electron chi connectivity index (χ3n) is 3.47. The molecule has 2 rings (SSSR count).